The first kappa shape index (κ1) is 12.6. The Morgan fingerprint density at radius 2 is 2.44 bits per heavy atom. The van der Waals surface area contributed by atoms with Gasteiger partial charge in [0.25, 0.3) is 0 Å². The van der Waals surface area contributed by atoms with Gasteiger partial charge in [-0.25, -0.2) is 4.79 Å². The molecule has 6 nitrogen and oxygen atoms in total. The van der Waals surface area contributed by atoms with E-state index in [4.69, 9.17) is 9.52 Å². The maximum absolute atomic E-state index is 11.7. The zero-order valence-corrected chi connectivity index (χ0v) is 10.2. The van der Waals surface area contributed by atoms with Gasteiger partial charge in [-0.1, -0.05) is 6.92 Å². The third kappa shape index (κ3) is 2.53. The molecule has 0 spiro atoms. The topological polar surface area (TPSA) is 82.8 Å². The molecular formula is C12H16N2O4. The minimum atomic E-state index is -1.01. The first-order valence-electron chi connectivity index (χ1n) is 5.94. The van der Waals surface area contributed by atoms with Gasteiger partial charge in [-0.3, -0.25) is 9.69 Å². The number of carbonyl (C=O) groups excluding carboxylic acids is 1. The molecule has 0 radical (unpaired) electrons. The lowest BCUT2D eigenvalue weighted by atomic mass is 10.1. The van der Waals surface area contributed by atoms with Crippen LogP contribution in [-0.4, -0.2) is 41.0 Å². The second kappa shape index (κ2) is 5.22. The van der Waals surface area contributed by atoms with E-state index < -0.39 is 5.97 Å². The molecule has 0 aliphatic carbocycles. The van der Waals surface area contributed by atoms with Crippen molar-refractivity contribution in [3.63, 3.8) is 0 Å². The summed E-state index contributed by atoms with van der Waals surface area (Å²) in [5.41, 5.74) is 0.138. The van der Waals surface area contributed by atoms with Crippen molar-refractivity contribution in [1.82, 2.24) is 10.2 Å². The number of amides is 1. The molecule has 1 aliphatic rings. The average Bonchev–Trinajstić information content (AvgIpc) is 2.78. The van der Waals surface area contributed by atoms with E-state index in [2.05, 4.69) is 5.32 Å². The number of furan rings is 1. The monoisotopic (exact) mass is 252 g/mol. The van der Waals surface area contributed by atoms with Gasteiger partial charge >= 0.3 is 5.97 Å². The van der Waals surface area contributed by atoms with E-state index in [1.165, 1.54) is 12.3 Å². The van der Waals surface area contributed by atoms with Gasteiger partial charge in [0, 0.05) is 13.1 Å². The minimum Gasteiger partial charge on any atom is -0.478 e. The van der Waals surface area contributed by atoms with Crippen LogP contribution in [0.3, 0.4) is 0 Å². The Kier molecular flexibility index (Phi) is 3.66. The summed E-state index contributed by atoms with van der Waals surface area (Å²) in [5.74, 6) is -0.414. The molecule has 1 amide bonds. The number of hydrogen-bond acceptors (Lipinski definition) is 4. The predicted octanol–water partition coefficient (Wildman–Crippen LogP) is 0.688. The fraction of sp³-hybridized carbons (Fsp3) is 0.500. The van der Waals surface area contributed by atoms with E-state index in [1.54, 1.807) is 0 Å². The van der Waals surface area contributed by atoms with Crippen LogP contribution >= 0.6 is 0 Å². The fourth-order valence-electron chi connectivity index (χ4n) is 2.17. The fourth-order valence-corrected chi connectivity index (χ4v) is 2.17. The Bertz CT molecular complexity index is 455. The van der Waals surface area contributed by atoms with Gasteiger partial charge in [-0.2, -0.15) is 0 Å². The van der Waals surface area contributed by atoms with Crippen molar-refractivity contribution in [1.29, 1.82) is 0 Å². The Hall–Kier alpha value is -1.82. The number of nitrogens with one attached hydrogen (secondary N) is 1. The second-order valence-electron chi connectivity index (χ2n) is 4.29. The lowest BCUT2D eigenvalue weighted by Crippen LogP contribution is -2.54. The molecular weight excluding hydrogens is 236 g/mol. The van der Waals surface area contributed by atoms with Gasteiger partial charge in [0.2, 0.25) is 5.91 Å². The molecule has 0 saturated carbocycles. The first-order valence-corrected chi connectivity index (χ1v) is 5.94. The second-order valence-corrected chi connectivity index (χ2v) is 4.29. The van der Waals surface area contributed by atoms with Crippen molar-refractivity contribution in [2.45, 2.75) is 25.9 Å². The number of hydrogen-bond donors (Lipinski definition) is 2. The predicted molar refractivity (Wildman–Crippen MR) is 63.2 cm³/mol. The lowest BCUT2D eigenvalue weighted by molar-refractivity contribution is -0.129. The van der Waals surface area contributed by atoms with E-state index in [0.717, 1.165) is 13.0 Å². The molecule has 1 atom stereocenters. The summed E-state index contributed by atoms with van der Waals surface area (Å²) >= 11 is 0. The summed E-state index contributed by atoms with van der Waals surface area (Å²) in [6.07, 6.45) is 1.95. The molecule has 0 aromatic carbocycles. The highest BCUT2D eigenvalue weighted by molar-refractivity contribution is 5.87. The number of carboxylic acids is 1. The maximum Gasteiger partial charge on any atom is 0.338 e. The highest BCUT2D eigenvalue weighted by Gasteiger charge is 2.28. The number of aromatic carboxylic acids is 1. The van der Waals surface area contributed by atoms with Crippen LogP contribution < -0.4 is 5.32 Å². The molecule has 6 heteroatoms. The Labute approximate surface area is 105 Å². The first-order chi connectivity index (χ1) is 8.61. The Morgan fingerprint density at radius 1 is 1.67 bits per heavy atom. The standard InChI is InChI=1S/C12H16N2O4/c1-2-10-11(15)13-3-4-14(10)6-9-5-8(7-18-9)12(16)17/h5,7,10H,2-4,6H2,1H3,(H,13,15)(H,16,17). The Balaban J connectivity index is 2.06. The van der Waals surface area contributed by atoms with E-state index in [-0.39, 0.29) is 17.5 Å². The van der Waals surface area contributed by atoms with Crippen LogP contribution in [0, 0.1) is 0 Å². The summed E-state index contributed by atoms with van der Waals surface area (Å²) in [6.45, 7) is 3.77. The maximum atomic E-state index is 11.7. The van der Waals surface area contributed by atoms with Crippen LogP contribution in [0.25, 0.3) is 0 Å². The molecule has 98 valence electrons. The van der Waals surface area contributed by atoms with Gasteiger partial charge < -0.3 is 14.8 Å². The highest BCUT2D eigenvalue weighted by atomic mass is 16.4. The molecule has 1 saturated heterocycles. The van der Waals surface area contributed by atoms with Crippen LogP contribution in [0.1, 0.15) is 29.5 Å². The highest BCUT2D eigenvalue weighted by Crippen LogP contribution is 2.15. The lowest BCUT2D eigenvalue weighted by Gasteiger charge is -2.33. The summed E-state index contributed by atoms with van der Waals surface area (Å²) in [5, 5.41) is 11.6. The third-order valence-corrected chi connectivity index (χ3v) is 3.09. The van der Waals surface area contributed by atoms with Crippen molar-refractivity contribution < 1.29 is 19.1 Å². The zero-order valence-electron chi connectivity index (χ0n) is 10.2. The average molecular weight is 252 g/mol. The van der Waals surface area contributed by atoms with E-state index in [1.807, 2.05) is 11.8 Å². The Morgan fingerprint density at radius 3 is 3.06 bits per heavy atom. The van der Waals surface area contributed by atoms with E-state index >= 15 is 0 Å². The van der Waals surface area contributed by atoms with Crippen LogP contribution in [0.15, 0.2) is 16.7 Å². The van der Waals surface area contributed by atoms with Crippen molar-refractivity contribution in [3.05, 3.63) is 23.7 Å². The summed E-state index contributed by atoms with van der Waals surface area (Å²) in [6, 6.07) is 1.33. The van der Waals surface area contributed by atoms with Gasteiger partial charge in [-0.05, 0) is 12.5 Å². The molecule has 1 unspecified atom stereocenters. The molecule has 1 aromatic rings. The molecule has 2 heterocycles. The van der Waals surface area contributed by atoms with Crippen molar-refractivity contribution in [3.8, 4) is 0 Å². The number of carboxylic acid groups (broad SMARTS) is 1. The molecule has 2 N–H and O–H groups in total. The largest absolute Gasteiger partial charge is 0.478 e. The van der Waals surface area contributed by atoms with E-state index in [9.17, 15) is 9.59 Å². The van der Waals surface area contributed by atoms with Crippen LogP contribution in [0.4, 0.5) is 0 Å². The number of rotatable bonds is 4. The molecule has 2 rings (SSSR count). The van der Waals surface area contributed by atoms with Crippen LogP contribution in [-0.2, 0) is 11.3 Å². The number of carbonyl (C=O) groups is 2. The summed E-state index contributed by atoms with van der Waals surface area (Å²) in [7, 11) is 0. The normalized spacial score (nSPS) is 20.7. The number of nitrogens with zero attached hydrogens (tertiary/aromatic N) is 1. The minimum absolute atomic E-state index is 0.0220. The SMILES string of the molecule is CCC1C(=O)NCCN1Cc1cc(C(=O)O)co1. The van der Waals surface area contributed by atoms with Crippen molar-refractivity contribution in [2.24, 2.45) is 0 Å². The third-order valence-electron chi connectivity index (χ3n) is 3.09. The molecule has 1 aromatic heterocycles. The van der Waals surface area contributed by atoms with Crippen LogP contribution in [0.2, 0.25) is 0 Å². The smallest absolute Gasteiger partial charge is 0.338 e. The summed E-state index contributed by atoms with van der Waals surface area (Å²) < 4.78 is 5.20. The quantitative estimate of drug-likeness (QED) is 0.823. The van der Waals surface area contributed by atoms with Gasteiger partial charge in [0.1, 0.15) is 12.0 Å². The zero-order chi connectivity index (χ0) is 13.1. The van der Waals surface area contributed by atoms with Gasteiger partial charge in [-0.15, -0.1) is 0 Å². The van der Waals surface area contributed by atoms with E-state index in [0.29, 0.717) is 18.8 Å². The molecule has 18 heavy (non-hydrogen) atoms. The van der Waals surface area contributed by atoms with Crippen LogP contribution in [0.5, 0.6) is 0 Å². The van der Waals surface area contributed by atoms with Crippen molar-refractivity contribution in [2.75, 3.05) is 13.1 Å². The van der Waals surface area contributed by atoms with Crippen molar-refractivity contribution >= 4 is 11.9 Å². The van der Waals surface area contributed by atoms with Gasteiger partial charge in [0.15, 0.2) is 0 Å². The summed E-state index contributed by atoms with van der Waals surface area (Å²) in [4.78, 5) is 24.4. The van der Waals surface area contributed by atoms with Gasteiger partial charge in [0.05, 0.1) is 18.2 Å². The molecule has 0 bridgehead atoms. The molecule has 1 aliphatic heterocycles. The molecule has 1 fully saturated rings. The number of piperazine rings is 1.